The number of ether oxygens (including phenoxy) is 1. The van der Waals surface area contributed by atoms with E-state index in [1.807, 2.05) is 45.0 Å². The molecule has 1 amide bonds. The van der Waals surface area contributed by atoms with Gasteiger partial charge in [-0.05, 0) is 51.2 Å². The molecular weight excluding hydrogens is 294 g/mol. The molecule has 1 aromatic rings. The number of hydrogen-bond acceptors (Lipinski definition) is 4. The van der Waals surface area contributed by atoms with E-state index in [0.29, 0.717) is 32.4 Å². The van der Waals surface area contributed by atoms with Gasteiger partial charge in [0.05, 0.1) is 5.60 Å². The summed E-state index contributed by atoms with van der Waals surface area (Å²) in [5.41, 5.74) is 0.351. The number of piperidine rings is 1. The smallest absolute Gasteiger partial charge is 0.410 e. The molecular formula is C18H27NO4. The van der Waals surface area contributed by atoms with Gasteiger partial charge in [0.15, 0.2) is 0 Å². The number of aliphatic hydroxyl groups excluding tert-OH is 1. The third kappa shape index (κ3) is 4.45. The van der Waals surface area contributed by atoms with E-state index in [2.05, 4.69) is 0 Å². The molecule has 0 bridgehead atoms. The number of nitrogens with zero attached hydrogens (tertiary/aromatic N) is 1. The van der Waals surface area contributed by atoms with Gasteiger partial charge in [0.25, 0.3) is 0 Å². The summed E-state index contributed by atoms with van der Waals surface area (Å²) < 4.78 is 5.39. The first-order valence-corrected chi connectivity index (χ1v) is 8.15. The molecule has 1 heterocycles. The Kier molecular flexibility index (Phi) is 5.32. The van der Waals surface area contributed by atoms with Crippen LogP contribution in [0.3, 0.4) is 0 Å². The van der Waals surface area contributed by atoms with Gasteiger partial charge in [-0.2, -0.15) is 0 Å². The summed E-state index contributed by atoms with van der Waals surface area (Å²) in [5.74, 6) is 0. The lowest BCUT2D eigenvalue weighted by Gasteiger charge is -2.39. The Morgan fingerprint density at radius 1 is 1.26 bits per heavy atom. The Bertz CT molecular complexity index is 542. The van der Waals surface area contributed by atoms with Crippen molar-refractivity contribution >= 4 is 6.09 Å². The number of aliphatic hydroxyl groups is 2. The van der Waals surface area contributed by atoms with E-state index in [1.165, 1.54) is 0 Å². The molecule has 5 heteroatoms. The van der Waals surface area contributed by atoms with Crippen LogP contribution in [-0.4, -0.2) is 46.5 Å². The Morgan fingerprint density at radius 3 is 2.43 bits per heavy atom. The number of carbonyl (C=O) groups is 1. The molecule has 128 valence electrons. The topological polar surface area (TPSA) is 70.0 Å². The second-order valence-corrected chi connectivity index (χ2v) is 7.13. The van der Waals surface area contributed by atoms with Crippen LogP contribution in [0.25, 0.3) is 0 Å². The summed E-state index contributed by atoms with van der Waals surface area (Å²) in [4.78, 5) is 13.8. The molecule has 0 atom stereocenters. The average molecular weight is 321 g/mol. The van der Waals surface area contributed by atoms with Crippen molar-refractivity contribution < 1.29 is 19.7 Å². The van der Waals surface area contributed by atoms with Gasteiger partial charge in [-0.25, -0.2) is 4.79 Å². The molecule has 1 aliphatic heterocycles. The van der Waals surface area contributed by atoms with E-state index in [4.69, 9.17) is 4.74 Å². The van der Waals surface area contributed by atoms with Gasteiger partial charge in [-0.15, -0.1) is 0 Å². The third-order valence-electron chi connectivity index (χ3n) is 4.14. The van der Waals surface area contributed by atoms with Crippen LogP contribution in [0.5, 0.6) is 0 Å². The van der Waals surface area contributed by atoms with E-state index < -0.39 is 11.2 Å². The van der Waals surface area contributed by atoms with E-state index in [0.717, 1.165) is 11.1 Å². The van der Waals surface area contributed by atoms with Gasteiger partial charge in [-0.3, -0.25) is 0 Å². The summed E-state index contributed by atoms with van der Waals surface area (Å²) in [6, 6.07) is 7.65. The van der Waals surface area contributed by atoms with Gasteiger partial charge in [0.2, 0.25) is 0 Å². The maximum atomic E-state index is 12.1. The molecule has 5 nitrogen and oxygen atoms in total. The van der Waals surface area contributed by atoms with Crippen LogP contribution in [0.4, 0.5) is 4.79 Å². The Hall–Kier alpha value is -1.59. The number of likely N-dealkylation sites (tertiary alicyclic amines) is 1. The monoisotopic (exact) mass is 321 g/mol. The lowest BCUT2D eigenvalue weighted by atomic mass is 9.81. The summed E-state index contributed by atoms with van der Waals surface area (Å²) in [6.45, 7) is 6.50. The van der Waals surface area contributed by atoms with Gasteiger partial charge >= 0.3 is 6.09 Å². The van der Waals surface area contributed by atoms with E-state index >= 15 is 0 Å². The lowest BCUT2D eigenvalue weighted by Crippen LogP contribution is -2.47. The van der Waals surface area contributed by atoms with E-state index in [9.17, 15) is 15.0 Å². The van der Waals surface area contributed by atoms with Crippen molar-refractivity contribution in [2.75, 3.05) is 19.7 Å². The third-order valence-corrected chi connectivity index (χ3v) is 4.14. The Labute approximate surface area is 137 Å². The maximum Gasteiger partial charge on any atom is 0.410 e. The minimum Gasteiger partial charge on any atom is -0.444 e. The van der Waals surface area contributed by atoms with Crippen molar-refractivity contribution in [1.82, 2.24) is 4.90 Å². The number of rotatable bonds is 3. The highest BCUT2D eigenvalue weighted by Gasteiger charge is 2.37. The molecule has 2 N–H and O–H groups in total. The fourth-order valence-corrected chi connectivity index (χ4v) is 2.97. The van der Waals surface area contributed by atoms with E-state index in [-0.39, 0.29) is 12.7 Å². The molecule has 0 aromatic heterocycles. The highest BCUT2D eigenvalue weighted by atomic mass is 16.6. The lowest BCUT2D eigenvalue weighted by molar-refractivity contribution is -0.0361. The van der Waals surface area contributed by atoms with Crippen LogP contribution >= 0.6 is 0 Å². The second-order valence-electron chi connectivity index (χ2n) is 7.13. The first kappa shape index (κ1) is 17.8. The molecule has 2 rings (SSSR count). The predicted molar refractivity (Wildman–Crippen MR) is 88.2 cm³/mol. The van der Waals surface area contributed by atoms with Crippen LogP contribution in [0.2, 0.25) is 0 Å². The first-order chi connectivity index (χ1) is 10.7. The standard InChI is InChI=1S/C18H27NO4/c1-17(2,3)23-16(21)19-11-9-18(22,10-12-19)15-7-5-4-6-14(15)8-13-20/h4-7,20,22H,8-13H2,1-3H3. The Morgan fingerprint density at radius 2 is 1.87 bits per heavy atom. The molecule has 1 fully saturated rings. The molecule has 0 spiro atoms. The molecule has 23 heavy (non-hydrogen) atoms. The SMILES string of the molecule is CC(C)(C)OC(=O)N1CCC(O)(c2ccccc2CCO)CC1. The highest BCUT2D eigenvalue weighted by molar-refractivity contribution is 5.68. The number of carbonyl (C=O) groups excluding carboxylic acids is 1. The summed E-state index contributed by atoms with van der Waals surface area (Å²) >= 11 is 0. The fraction of sp³-hybridized carbons (Fsp3) is 0.611. The molecule has 1 aliphatic rings. The summed E-state index contributed by atoms with van der Waals surface area (Å²) in [5, 5.41) is 20.2. The molecule has 0 unspecified atom stereocenters. The van der Waals surface area contributed by atoms with Crippen molar-refractivity contribution in [3.8, 4) is 0 Å². The van der Waals surface area contributed by atoms with Crippen molar-refractivity contribution in [2.45, 2.75) is 51.2 Å². The van der Waals surface area contributed by atoms with Gasteiger partial charge in [0, 0.05) is 19.7 Å². The quantitative estimate of drug-likeness (QED) is 0.897. The normalized spacial score (nSPS) is 17.9. The van der Waals surface area contributed by atoms with Crippen LogP contribution in [0, 0.1) is 0 Å². The molecule has 0 aliphatic carbocycles. The second kappa shape index (κ2) is 6.89. The van der Waals surface area contributed by atoms with Gasteiger partial charge in [0.1, 0.15) is 5.60 Å². The molecule has 1 aromatic carbocycles. The number of benzene rings is 1. The number of hydrogen-bond donors (Lipinski definition) is 2. The largest absolute Gasteiger partial charge is 0.444 e. The Balaban J connectivity index is 2.07. The van der Waals surface area contributed by atoms with Crippen molar-refractivity contribution in [3.05, 3.63) is 35.4 Å². The van der Waals surface area contributed by atoms with Crippen LogP contribution in [-0.2, 0) is 16.8 Å². The molecule has 0 radical (unpaired) electrons. The van der Waals surface area contributed by atoms with Crippen molar-refractivity contribution in [3.63, 3.8) is 0 Å². The zero-order valence-corrected chi connectivity index (χ0v) is 14.2. The average Bonchev–Trinajstić information content (AvgIpc) is 2.47. The van der Waals surface area contributed by atoms with Crippen molar-refractivity contribution in [1.29, 1.82) is 0 Å². The van der Waals surface area contributed by atoms with Crippen LogP contribution in [0.15, 0.2) is 24.3 Å². The van der Waals surface area contributed by atoms with E-state index in [1.54, 1.807) is 4.90 Å². The first-order valence-electron chi connectivity index (χ1n) is 8.15. The summed E-state index contributed by atoms with van der Waals surface area (Å²) in [7, 11) is 0. The van der Waals surface area contributed by atoms with Gasteiger partial charge in [-0.1, -0.05) is 24.3 Å². The predicted octanol–water partition coefficient (Wildman–Crippen LogP) is 2.44. The highest BCUT2D eigenvalue weighted by Crippen LogP contribution is 2.35. The van der Waals surface area contributed by atoms with Crippen molar-refractivity contribution in [2.24, 2.45) is 0 Å². The zero-order chi connectivity index (χ0) is 17.1. The minimum absolute atomic E-state index is 0.0527. The summed E-state index contributed by atoms with van der Waals surface area (Å²) in [6.07, 6.45) is 1.13. The van der Waals surface area contributed by atoms with Crippen LogP contribution < -0.4 is 0 Å². The zero-order valence-electron chi connectivity index (χ0n) is 14.2. The minimum atomic E-state index is -0.954. The fourth-order valence-electron chi connectivity index (χ4n) is 2.97. The molecule has 1 saturated heterocycles. The number of amides is 1. The van der Waals surface area contributed by atoms with Crippen LogP contribution in [0.1, 0.15) is 44.7 Å². The van der Waals surface area contributed by atoms with Gasteiger partial charge < -0.3 is 19.8 Å². The molecule has 0 saturated carbocycles. The maximum absolute atomic E-state index is 12.1.